The number of Topliss-reactive ketones (excluding diaryl/α,β-unsaturated/α-hetero) is 1. The number of hydrogen-bond acceptors (Lipinski definition) is 3. The van der Waals surface area contributed by atoms with Crippen molar-refractivity contribution in [2.24, 2.45) is 0 Å². The average molecular weight is 260 g/mol. The molecule has 2 nitrogen and oxygen atoms in total. The lowest BCUT2D eigenvalue weighted by molar-refractivity contribution is 0.0990. The first-order chi connectivity index (χ1) is 8.81. The van der Waals surface area contributed by atoms with Crippen LogP contribution in [0, 0.1) is 0 Å². The second-order valence-electron chi connectivity index (χ2n) is 4.02. The van der Waals surface area contributed by atoms with Crippen LogP contribution in [-0.4, -0.2) is 12.4 Å². The number of benzene rings is 1. The summed E-state index contributed by atoms with van der Waals surface area (Å²) in [6, 6.07) is 11.4. The summed E-state index contributed by atoms with van der Waals surface area (Å²) >= 11 is 1.61. The topological polar surface area (TPSA) is 26.3 Å². The summed E-state index contributed by atoms with van der Waals surface area (Å²) < 4.78 is 5.61. The fourth-order valence-electron chi connectivity index (χ4n) is 1.70. The van der Waals surface area contributed by atoms with E-state index in [1.165, 1.54) is 0 Å². The summed E-state index contributed by atoms with van der Waals surface area (Å²) in [5.41, 5.74) is 0.680. The molecule has 1 aromatic heterocycles. The van der Waals surface area contributed by atoms with Crippen LogP contribution in [0.15, 0.2) is 41.8 Å². The van der Waals surface area contributed by atoms with E-state index < -0.39 is 0 Å². The lowest BCUT2D eigenvalue weighted by Crippen LogP contribution is -2.06. The predicted octanol–water partition coefficient (Wildman–Crippen LogP) is 3.96. The number of hydrogen-bond donors (Lipinski definition) is 0. The fourth-order valence-corrected chi connectivity index (χ4v) is 2.41. The summed E-state index contributed by atoms with van der Waals surface area (Å²) in [7, 11) is 0. The zero-order valence-electron chi connectivity index (χ0n) is 10.4. The molecule has 0 radical (unpaired) electrons. The minimum Gasteiger partial charge on any atom is -0.493 e. The van der Waals surface area contributed by atoms with Gasteiger partial charge < -0.3 is 4.74 Å². The normalized spacial score (nSPS) is 10.3. The van der Waals surface area contributed by atoms with Crippen molar-refractivity contribution in [3.05, 3.63) is 52.2 Å². The number of ether oxygens (including phenoxy) is 1. The quantitative estimate of drug-likeness (QED) is 0.735. The molecule has 3 heteroatoms. The second kappa shape index (κ2) is 6.36. The van der Waals surface area contributed by atoms with Gasteiger partial charge in [0.25, 0.3) is 0 Å². The Balaban J connectivity index is 2.13. The van der Waals surface area contributed by atoms with Gasteiger partial charge in [0.05, 0.1) is 12.2 Å². The van der Waals surface area contributed by atoms with Crippen molar-refractivity contribution in [2.45, 2.75) is 19.8 Å². The van der Waals surface area contributed by atoms with Gasteiger partial charge in [-0.2, -0.15) is 0 Å². The Morgan fingerprint density at radius 3 is 2.78 bits per heavy atom. The molecular formula is C15H16O2S. The van der Waals surface area contributed by atoms with E-state index in [4.69, 9.17) is 4.74 Å². The first kappa shape index (κ1) is 12.8. The molecule has 0 spiro atoms. The van der Waals surface area contributed by atoms with Gasteiger partial charge in [0.1, 0.15) is 5.75 Å². The van der Waals surface area contributed by atoms with Crippen molar-refractivity contribution in [2.75, 3.05) is 6.61 Å². The lowest BCUT2D eigenvalue weighted by atomic mass is 10.1. The Bertz CT molecular complexity index is 503. The fraction of sp³-hybridized carbons (Fsp3) is 0.267. The largest absolute Gasteiger partial charge is 0.493 e. The van der Waals surface area contributed by atoms with Gasteiger partial charge in [-0.15, -0.1) is 11.3 Å². The van der Waals surface area contributed by atoms with Crippen molar-refractivity contribution in [1.82, 2.24) is 0 Å². The Kier molecular flexibility index (Phi) is 4.53. The Labute approximate surface area is 111 Å². The van der Waals surface area contributed by atoms with E-state index in [0.717, 1.165) is 11.3 Å². The number of ketones is 1. The van der Waals surface area contributed by atoms with Gasteiger partial charge in [-0.05, 0) is 30.0 Å². The molecule has 0 bridgehead atoms. The maximum absolute atomic E-state index is 12.2. The molecule has 2 aromatic rings. The smallest absolute Gasteiger partial charge is 0.171 e. The van der Waals surface area contributed by atoms with Crippen LogP contribution in [-0.2, 0) is 6.42 Å². The molecule has 1 heterocycles. The number of rotatable bonds is 6. The molecule has 18 heavy (non-hydrogen) atoms. The van der Waals surface area contributed by atoms with E-state index in [1.807, 2.05) is 41.8 Å². The molecule has 0 aliphatic carbocycles. The molecule has 0 aliphatic heterocycles. The summed E-state index contributed by atoms with van der Waals surface area (Å²) in [4.78, 5) is 13.3. The van der Waals surface area contributed by atoms with Crippen molar-refractivity contribution in [3.63, 3.8) is 0 Å². The highest BCUT2D eigenvalue weighted by Gasteiger charge is 2.12. The third-order valence-electron chi connectivity index (χ3n) is 2.56. The Morgan fingerprint density at radius 1 is 1.22 bits per heavy atom. The van der Waals surface area contributed by atoms with Gasteiger partial charge in [0.2, 0.25) is 0 Å². The minimum absolute atomic E-state index is 0.115. The first-order valence-corrected chi connectivity index (χ1v) is 6.96. The average Bonchev–Trinajstić information content (AvgIpc) is 2.89. The second-order valence-corrected chi connectivity index (χ2v) is 5.06. The molecule has 0 unspecified atom stereocenters. The lowest BCUT2D eigenvalue weighted by Gasteiger charge is -2.09. The number of carbonyl (C=O) groups is 1. The van der Waals surface area contributed by atoms with Gasteiger partial charge in [0.15, 0.2) is 5.78 Å². The van der Waals surface area contributed by atoms with E-state index >= 15 is 0 Å². The molecule has 0 atom stereocenters. The Hall–Kier alpha value is -1.61. The highest BCUT2D eigenvalue weighted by atomic mass is 32.1. The van der Waals surface area contributed by atoms with Gasteiger partial charge in [-0.1, -0.05) is 25.1 Å². The van der Waals surface area contributed by atoms with Gasteiger partial charge >= 0.3 is 0 Å². The third-order valence-corrected chi connectivity index (χ3v) is 3.44. The number of carbonyl (C=O) groups excluding carboxylic acids is 1. The molecule has 94 valence electrons. The van der Waals surface area contributed by atoms with Crippen molar-refractivity contribution in [3.8, 4) is 5.75 Å². The molecule has 1 aromatic carbocycles. The van der Waals surface area contributed by atoms with E-state index in [1.54, 1.807) is 11.3 Å². The van der Waals surface area contributed by atoms with Crippen LogP contribution in [0.25, 0.3) is 0 Å². The predicted molar refractivity (Wildman–Crippen MR) is 74.6 cm³/mol. The van der Waals surface area contributed by atoms with Crippen molar-refractivity contribution < 1.29 is 9.53 Å². The summed E-state index contributed by atoms with van der Waals surface area (Å²) in [6.45, 7) is 2.69. The SMILES string of the molecule is CCCOc1ccccc1C(=O)Cc1cccs1. The molecule has 0 N–H and O–H groups in total. The molecule has 2 rings (SSSR count). The van der Waals surface area contributed by atoms with Crippen LogP contribution >= 0.6 is 11.3 Å². The van der Waals surface area contributed by atoms with Crippen LogP contribution in [0.1, 0.15) is 28.6 Å². The summed E-state index contributed by atoms with van der Waals surface area (Å²) in [6.07, 6.45) is 1.39. The van der Waals surface area contributed by atoms with Gasteiger partial charge in [-0.25, -0.2) is 0 Å². The van der Waals surface area contributed by atoms with E-state index in [2.05, 4.69) is 6.92 Å². The van der Waals surface area contributed by atoms with Crippen LogP contribution in [0.5, 0.6) is 5.75 Å². The number of para-hydroxylation sites is 1. The molecule has 0 amide bonds. The Morgan fingerprint density at radius 2 is 2.06 bits per heavy atom. The summed E-state index contributed by atoms with van der Waals surface area (Å²) in [5, 5.41) is 1.99. The van der Waals surface area contributed by atoms with Gasteiger partial charge in [-0.3, -0.25) is 4.79 Å². The van der Waals surface area contributed by atoms with Crippen LogP contribution in [0.3, 0.4) is 0 Å². The summed E-state index contributed by atoms with van der Waals surface area (Å²) in [5.74, 6) is 0.810. The maximum atomic E-state index is 12.2. The molecule has 0 saturated carbocycles. The molecule has 0 aliphatic rings. The van der Waals surface area contributed by atoms with Gasteiger partial charge in [0, 0.05) is 11.3 Å². The molecular weight excluding hydrogens is 244 g/mol. The zero-order valence-corrected chi connectivity index (χ0v) is 11.2. The monoisotopic (exact) mass is 260 g/mol. The standard InChI is InChI=1S/C15H16O2S/c1-2-9-17-15-8-4-3-7-13(15)14(16)11-12-6-5-10-18-12/h3-8,10H,2,9,11H2,1H3. The zero-order chi connectivity index (χ0) is 12.8. The van der Waals surface area contributed by atoms with Crippen LogP contribution < -0.4 is 4.74 Å². The van der Waals surface area contributed by atoms with E-state index in [9.17, 15) is 4.79 Å². The maximum Gasteiger partial charge on any atom is 0.171 e. The highest BCUT2D eigenvalue weighted by molar-refractivity contribution is 7.10. The van der Waals surface area contributed by atoms with Crippen molar-refractivity contribution >= 4 is 17.1 Å². The number of thiophene rings is 1. The minimum atomic E-state index is 0.115. The van der Waals surface area contributed by atoms with Crippen molar-refractivity contribution in [1.29, 1.82) is 0 Å². The molecule has 0 saturated heterocycles. The molecule has 0 fully saturated rings. The van der Waals surface area contributed by atoms with E-state index in [-0.39, 0.29) is 5.78 Å². The van der Waals surface area contributed by atoms with Crippen LogP contribution in [0.4, 0.5) is 0 Å². The van der Waals surface area contributed by atoms with Crippen LogP contribution in [0.2, 0.25) is 0 Å². The highest BCUT2D eigenvalue weighted by Crippen LogP contribution is 2.21. The van der Waals surface area contributed by atoms with E-state index in [0.29, 0.717) is 24.3 Å². The first-order valence-electron chi connectivity index (χ1n) is 6.08. The third kappa shape index (κ3) is 3.20.